The molecular weight excluding hydrogens is 339 g/mol. The highest BCUT2D eigenvalue weighted by molar-refractivity contribution is 9.10. The highest BCUT2D eigenvalue weighted by Gasteiger charge is 2.25. The van der Waals surface area contributed by atoms with E-state index in [1.165, 1.54) is 6.07 Å². The molecule has 0 bridgehead atoms. The Balaban J connectivity index is 2.27. The number of benzene rings is 2. The molecule has 0 fully saturated rings. The van der Waals surface area contributed by atoms with Gasteiger partial charge < -0.3 is 10.4 Å². The van der Waals surface area contributed by atoms with Crippen molar-refractivity contribution in [1.29, 1.82) is 0 Å². The zero-order valence-electron chi connectivity index (χ0n) is 10.7. The molecule has 2 aromatic rings. The number of aliphatic hydroxyl groups excluding tert-OH is 1. The number of aliphatic hydroxyl groups is 1. The Morgan fingerprint density at radius 2 is 1.95 bits per heavy atom. The zero-order chi connectivity index (χ0) is 15.0. The molecule has 0 radical (unpaired) electrons. The van der Waals surface area contributed by atoms with E-state index in [4.69, 9.17) is 0 Å². The van der Waals surface area contributed by atoms with Gasteiger partial charge in [-0.1, -0.05) is 28.1 Å². The number of carbonyl (C=O) groups is 1. The molecule has 0 aliphatic carbocycles. The predicted octanol–water partition coefficient (Wildman–Crippen LogP) is 2.70. The number of benzodiazepines with no additional fused rings is 1. The molecule has 1 amide bonds. The minimum atomic E-state index is -1.58. The molecule has 0 spiro atoms. The second kappa shape index (κ2) is 5.38. The Kier molecular flexibility index (Phi) is 3.57. The molecule has 4 nitrogen and oxygen atoms in total. The summed E-state index contributed by atoms with van der Waals surface area (Å²) in [5, 5.41) is 12.4. The molecule has 6 heteroatoms. The van der Waals surface area contributed by atoms with Crippen LogP contribution in [-0.2, 0) is 4.79 Å². The maximum Gasteiger partial charge on any atom is 0.276 e. The van der Waals surface area contributed by atoms with Crippen LogP contribution in [0.3, 0.4) is 0 Å². The number of anilines is 1. The molecule has 2 N–H and O–H groups in total. The lowest BCUT2D eigenvalue weighted by atomic mass is 10.0. The van der Waals surface area contributed by atoms with Gasteiger partial charge in [0.05, 0.1) is 11.4 Å². The first-order valence-corrected chi connectivity index (χ1v) is 6.97. The molecule has 1 aliphatic rings. The van der Waals surface area contributed by atoms with Crippen molar-refractivity contribution in [3.05, 3.63) is 63.9 Å². The smallest absolute Gasteiger partial charge is 0.276 e. The van der Waals surface area contributed by atoms with Crippen molar-refractivity contribution in [2.24, 2.45) is 4.99 Å². The normalized spacial score (nSPS) is 17.6. The van der Waals surface area contributed by atoms with Crippen LogP contribution < -0.4 is 5.32 Å². The van der Waals surface area contributed by atoms with E-state index in [9.17, 15) is 14.3 Å². The second-order valence-corrected chi connectivity index (χ2v) is 5.43. The van der Waals surface area contributed by atoms with Crippen LogP contribution in [0, 0.1) is 5.82 Å². The van der Waals surface area contributed by atoms with Crippen molar-refractivity contribution < 1.29 is 14.3 Å². The molecule has 1 atom stereocenters. The number of hydrogen-bond donors (Lipinski definition) is 2. The van der Waals surface area contributed by atoms with Gasteiger partial charge in [0.2, 0.25) is 6.23 Å². The van der Waals surface area contributed by atoms with Gasteiger partial charge in [0.15, 0.2) is 0 Å². The summed E-state index contributed by atoms with van der Waals surface area (Å²) in [6, 6.07) is 11.2. The molecule has 0 saturated heterocycles. The van der Waals surface area contributed by atoms with Crippen LogP contribution in [0.5, 0.6) is 0 Å². The third-order valence-electron chi connectivity index (χ3n) is 3.11. The number of aliphatic imine (C=N–C) groups is 1. The molecule has 1 aliphatic heterocycles. The van der Waals surface area contributed by atoms with Gasteiger partial charge in [-0.2, -0.15) is 0 Å². The molecular formula is C15H10BrFN2O2. The van der Waals surface area contributed by atoms with E-state index < -0.39 is 18.0 Å². The number of nitrogens with zero attached hydrogens (tertiary/aromatic N) is 1. The van der Waals surface area contributed by atoms with Crippen LogP contribution >= 0.6 is 15.9 Å². The number of carbonyl (C=O) groups excluding carboxylic acids is 1. The molecule has 2 aromatic carbocycles. The van der Waals surface area contributed by atoms with E-state index in [1.807, 2.05) is 0 Å². The van der Waals surface area contributed by atoms with Crippen LogP contribution in [0.4, 0.5) is 10.1 Å². The summed E-state index contributed by atoms with van der Waals surface area (Å²) in [5.74, 6) is -1.12. The lowest BCUT2D eigenvalue weighted by Gasteiger charge is -2.10. The minimum Gasteiger partial charge on any atom is -0.364 e. The van der Waals surface area contributed by atoms with E-state index >= 15 is 0 Å². The monoisotopic (exact) mass is 348 g/mol. The fourth-order valence-electron chi connectivity index (χ4n) is 2.14. The fourth-order valence-corrected chi connectivity index (χ4v) is 2.50. The van der Waals surface area contributed by atoms with Crippen LogP contribution in [0.15, 0.2) is 51.9 Å². The molecule has 21 heavy (non-hydrogen) atoms. The summed E-state index contributed by atoms with van der Waals surface area (Å²) in [6.07, 6.45) is -1.58. The van der Waals surface area contributed by atoms with Gasteiger partial charge in [-0.25, -0.2) is 9.38 Å². The van der Waals surface area contributed by atoms with Gasteiger partial charge in [0.1, 0.15) is 5.82 Å². The largest absolute Gasteiger partial charge is 0.364 e. The number of nitrogens with one attached hydrogen (secondary N) is 1. The summed E-state index contributed by atoms with van der Waals surface area (Å²) in [5.41, 5.74) is 1.48. The van der Waals surface area contributed by atoms with Crippen molar-refractivity contribution >= 4 is 33.2 Å². The third kappa shape index (κ3) is 2.59. The molecule has 0 unspecified atom stereocenters. The van der Waals surface area contributed by atoms with E-state index in [2.05, 4.69) is 26.2 Å². The van der Waals surface area contributed by atoms with Gasteiger partial charge in [-0.05, 0) is 30.3 Å². The highest BCUT2D eigenvalue weighted by atomic mass is 79.9. The third-order valence-corrected chi connectivity index (χ3v) is 3.60. The van der Waals surface area contributed by atoms with Crippen molar-refractivity contribution in [2.45, 2.75) is 6.23 Å². The average molecular weight is 349 g/mol. The van der Waals surface area contributed by atoms with Crippen LogP contribution in [0.2, 0.25) is 0 Å². The maximum absolute atomic E-state index is 14.0. The number of halogens is 2. The Morgan fingerprint density at radius 1 is 1.19 bits per heavy atom. The van der Waals surface area contributed by atoms with Crippen molar-refractivity contribution in [1.82, 2.24) is 0 Å². The Hall–Kier alpha value is -2.05. The van der Waals surface area contributed by atoms with Crippen molar-refractivity contribution in [3.8, 4) is 0 Å². The molecule has 1 heterocycles. The lowest BCUT2D eigenvalue weighted by Crippen LogP contribution is -2.24. The van der Waals surface area contributed by atoms with Crippen LogP contribution in [0.1, 0.15) is 11.1 Å². The Morgan fingerprint density at radius 3 is 2.71 bits per heavy atom. The van der Waals surface area contributed by atoms with E-state index in [0.717, 1.165) is 4.47 Å². The minimum absolute atomic E-state index is 0.229. The number of hydrogen-bond acceptors (Lipinski definition) is 3. The molecule has 0 aromatic heterocycles. The summed E-state index contributed by atoms with van der Waals surface area (Å²) in [6.45, 7) is 0. The van der Waals surface area contributed by atoms with E-state index in [1.54, 1.807) is 36.4 Å². The summed E-state index contributed by atoms with van der Waals surface area (Å²) >= 11 is 3.34. The fraction of sp³-hybridized carbons (Fsp3) is 0.0667. The van der Waals surface area contributed by atoms with Gasteiger partial charge >= 0.3 is 0 Å². The maximum atomic E-state index is 14.0. The molecule has 3 rings (SSSR count). The quantitative estimate of drug-likeness (QED) is 0.832. The lowest BCUT2D eigenvalue weighted by molar-refractivity contribution is -0.123. The first-order valence-electron chi connectivity index (χ1n) is 6.18. The van der Waals surface area contributed by atoms with Gasteiger partial charge in [-0.3, -0.25) is 4.79 Å². The first-order chi connectivity index (χ1) is 10.1. The molecule has 106 valence electrons. The number of amides is 1. The van der Waals surface area contributed by atoms with Crippen molar-refractivity contribution in [2.75, 3.05) is 5.32 Å². The number of fused-ring (bicyclic) bond motifs is 1. The average Bonchev–Trinajstić information content (AvgIpc) is 2.58. The van der Waals surface area contributed by atoms with Crippen LogP contribution in [-0.4, -0.2) is 23.0 Å². The standard InChI is InChI=1S/C15H10BrFN2O2/c16-8-5-6-12-10(7-8)13(19-15(21)14(20)18-12)9-3-1-2-4-11(9)17/h1-7,15,21H,(H,18,20)/t15-/m0/s1. The van der Waals surface area contributed by atoms with E-state index in [-0.39, 0.29) is 11.3 Å². The van der Waals surface area contributed by atoms with Gasteiger partial charge in [0, 0.05) is 15.6 Å². The van der Waals surface area contributed by atoms with Gasteiger partial charge in [0.25, 0.3) is 5.91 Å². The zero-order valence-corrected chi connectivity index (χ0v) is 12.3. The highest BCUT2D eigenvalue weighted by Crippen LogP contribution is 2.27. The van der Waals surface area contributed by atoms with E-state index in [0.29, 0.717) is 11.3 Å². The topological polar surface area (TPSA) is 61.7 Å². The number of rotatable bonds is 1. The van der Waals surface area contributed by atoms with Gasteiger partial charge in [-0.15, -0.1) is 0 Å². The van der Waals surface area contributed by atoms with Crippen molar-refractivity contribution in [3.63, 3.8) is 0 Å². The molecule has 0 saturated carbocycles. The second-order valence-electron chi connectivity index (χ2n) is 4.51. The summed E-state index contributed by atoms with van der Waals surface area (Å²) in [4.78, 5) is 15.7. The summed E-state index contributed by atoms with van der Waals surface area (Å²) in [7, 11) is 0. The summed E-state index contributed by atoms with van der Waals surface area (Å²) < 4.78 is 14.8. The SMILES string of the molecule is O=C1Nc2ccc(Br)cc2C(c2ccccc2F)=N[C@H]1O. The first kappa shape index (κ1) is 13.9. The Bertz CT molecular complexity index is 761. The van der Waals surface area contributed by atoms with Crippen LogP contribution in [0.25, 0.3) is 0 Å². The predicted molar refractivity (Wildman–Crippen MR) is 80.8 cm³/mol. The Labute approximate surface area is 128 Å².